The molecule has 224 valence electrons. The predicted molar refractivity (Wildman–Crippen MR) is 153 cm³/mol. The van der Waals surface area contributed by atoms with Crippen molar-refractivity contribution in [1.29, 1.82) is 0 Å². The second-order valence-electron chi connectivity index (χ2n) is 11.4. The van der Waals surface area contributed by atoms with Crippen LogP contribution in [0, 0.1) is 11.6 Å². The van der Waals surface area contributed by atoms with Gasteiger partial charge in [-0.05, 0) is 69.4 Å². The molecule has 5 rings (SSSR count). The molecule has 1 unspecified atom stereocenters. The van der Waals surface area contributed by atoms with Gasteiger partial charge in [-0.2, -0.15) is 4.31 Å². The average molecular weight is 610 g/mol. The summed E-state index contributed by atoms with van der Waals surface area (Å²) in [6, 6.07) is 8.35. The highest BCUT2D eigenvalue weighted by molar-refractivity contribution is 7.89. The summed E-state index contributed by atoms with van der Waals surface area (Å²) >= 11 is 6.00. The molecule has 0 N–H and O–H groups in total. The zero-order valence-electron chi connectivity index (χ0n) is 23.4. The monoisotopic (exact) mass is 609 g/mol. The van der Waals surface area contributed by atoms with Crippen LogP contribution in [-0.2, 0) is 14.8 Å². The number of piperazine rings is 1. The van der Waals surface area contributed by atoms with Crippen LogP contribution in [0.4, 0.5) is 13.6 Å². The lowest BCUT2D eigenvalue weighted by atomic mass is 9.93. The van der Waals surface area contributed by atoms with Crippen LogP contribution in [0.5, 0.6) is 0 Å². The molecule has 1 aliphatic carbocycles. The SMILES string of the molecule is CC1CN(C2CCCCC2)CCN1C(=O)OC[C@H]1CCC[C@@H](c2cccc(F)c2F)N1S(=O)(=O)c1ccc(Cl)cc1. The largest absolute Gasteiger partial charge is 0.448 e. The second kappa shape index (κ2) is 12.9. The molecule has 1 amide bonds. The van der Waals surface area contributed by atoms with E-state index in [0.29, 0.717) is 36.9 Å². The van der Waals surface area contributed by atoms with E-state index in [1.165, 1.54) is 72.8 Å². The first-order chi connectivity index (χ1) is 19.7. The molecule has 2 saturated heterocycles. The molecule has 0 radical (unpaired) electrons. The van der Waals surface area contributed by atoms with Gasteiger partial charge in [-0.3, -0.25) is 4.90 Å². The number of carbonyl (C=O) groups excluding carboxylic acids is 1. The fourth-order valence-corrected chi connectivity index (χ4v) is 8.62. The van der Waals surface area contributed by atoms with Crippen molar-refractivity contribution in [2.75, 3.05) is 26.2 Å². The number of hydrogen-bond donors (Lipinski definition) is 0. The maximum absolute atomic E-state index is 15.0. The first-order valence-electron chi connectivity index (χ1n) is 14.6. The van der Waals surface area contributed by atoms with Gasteiger partial charge < -0.3 is 9.64 Å². The Balaban J connectivity index is 1.34. The van der Waals surface area contributed by atoms with Gasteiger partial charge in [0, 0.05) is 42.3 Å². The molecule has 2 heterocycles. The lowest BCUT2D eigenvalue weighted by Crippen LogP contribution is -2.57. The molecule has 3 atom stereocenters. The number of sulfonamides is 1. The van der Waals surface area contributed by atoms with Gasteiger partial charge >= 0.3 is 6.09 Å². The first kappa shape index (κ1) is 30.2. The van der Waals surface area contributed by atoms with Crippen molar-refractivity contribution in [2.45, 2.75) is 87.4 Å². The van der Waals surface area contributed by atoms with E-state index >= 15 is 0 Å². The maximum atomic E-state index is 15.0. The van der Waals surface area contributed by atoms with E-state index in [2.05, 4.69) is 4.90 Å². The van der Waals surface area contributed by atoms with Gasteiger partial charge in [-0.25, -0.2) is 22.0 Å². The number of rotatable bonds is 6. The van der Waals surface area contributed by atoms with Crippen molar-refractivity contribution < 1.29 is 26.7 Å². The molecule has 2 aromatic carbocycles. The fraction of sp³-hybridized carbons (Fsp3) is 0.567. The fourth-order valence-electron chi connectivity index (χ4n) is 6.66. The van der Waals surface area contributed by atoms with E-state index in [0.717, 1.165) is 19.2 Å². The molecule has 3 fully saturated rings. The molecule has 2 aliphatic heterocycles. The summed E-state index contributed by atoms with van der Waals surface area (Å²) in [6.45, 7) is 3.93. The third-order valence-corrected chi connectivity index (χ3v) is 11.0. The Labute approximate surface area is 246 Å². The van der Waals surface area contributed by atoms with Crippen LogP contribution in [0.3, 0.4) is 0 Å². The van der Waals surface area contributed by atoms with Crippen LogP contribution in [-0.4, -0.2) is 73.0 Å². The van der Waals surface area contributed by atoms with Gasteiger partial charge in [0.15, 0.2) is 11.6 Å². The van der Waals surface area contributed by atoms with Crippen molar-refractivity contribution in [3.8, 4) is 0 Å². The summed E-state index contributed by atoms with van der Waals surface area (Å²) in [5.41, 5.74) is -0.0361. The van der Waals surface area contributed by atoms with E-state index in [9.17, 15) is 22.0 Å². The quantitative estimate of drug-likeness (QED) is 0.380. The standard InChI is InChI=1S/C30H38ClF2N3O4S/c1-21-19-34(23-7-3-2-4-8-23)17-18-35(21)30(37)40-20-24-9-5-12-28(26-10-6-11-27(32)29(26)33)36(24)41(38,39)25-15-13-22(31)14-16-25/h6,10-11,13-16,21,23-24,28H,2-5,7-9,12,17-20H2,1H3/t21?,24-,28+/m1/s1. The number of amides is 1. The van der Waals surface area contributed by atoms with Crippen molar-refractivity contribution >= 4 is 27.7 Å². The third-order valence-electron chi connectivity index (χ3n) is 8.80. The van der Waals surface area contributed by atoms with Crippen LogP contribution in [0.25, 0.3) is 0 Å². The number of carbonyl (C=O) groups is 1. The van der Waals surface area contributed by atoms with Crippen molar-refractivity contribution in [1.82, 2.24) is 14.1 Å². The van der Waals surface area contributed by atoms with Crippen molar-refractivity contribution in [3.63, 3.8) is 0 Å². The molecule has 3 aliphatic rings. The van der Waals surface area contributed by atoms with E-state index < -0.39 is 39.8 Å². The third kappa shape index (κ3) is 6.55. The van der Waals surface area contributed by atoms with E-state index in [4.69, 9.17) is 16.3 Å². The predicted octanol–water partition coefficient (Wildman–Crippen LogP) is 6.38. The highest BCUT2D eigenvalue weighted by Crippen LogP contribution is 2.40. The highest BCUT2D eigenvalue weighted by Gasteiger charge is 2.43. The normalized spacial score (nSPS) is 25.3. The summed E-state index contributed by atoms with van der Waals surface area (Å²) in [6.07, 6.45) is 6.98. The van der Waals surface area contributed by atoms with Gasteiger partial charge in [-0.15, -0.1) is 0 Å². The Bertz CT molecular complexity index is 1320. The maximum Gasteiger partial charge on any atom is 0.410 e. The number of ether oxygens (including phenoxy) is 1. The topological polar surface area (TPSA) is 70.2 Å². The minimum atomic E-state index is -4.18. The second-order valence-corrected chi connectivity index (χ2v) is 13.7. The van der Waals surface area contributed by atoms with E-state index in [1.807, 2.05) is 6.92 Å². The van der Waals surface area contributed by atoms with Gasteiger partial charge in [-0.1, -0.05) is 43.0 Å². The van der Waals surface area contributed by atoms with Crippen LogP contribution in [0.1, 0.15) is 69.9 Å². The number of piperidine rings is 1. The number of benzene rings is 2. The molecule has 0 spiro atoms. The lowest BCUT2D eigenvalue weighted by molar-refractivity contribution is 0.0183. The minimum absolute atomic E-state index is 0.0191. The zero-order valence-corrected chi connectivity index (χ0v) is 24.9. The Hall–Kier alpha value is -2.27. The molecule has 7 nitrogen and oxygen atoms in total. The van der Waals surface area contributed by atoms with Gasteiger partial charge in [0.2, 0.25) is 10.0 Å². The Kier molecular flexibility index (Phi) is 9.53. The summed E-state index contributed by atoms with van der Waals surface area (Å²) < 4.78 is 64.2. The molecule has 2 aromatic rings. The first-order valence-corrected chi connectivity index (χ1v) is 16.4. The number of hydrogen-bond acceptors (Lipinski definition) is 5. The smallest absolute Gasteiger partial charge is 0.410 e. The van der Waals surface area contributed by atoms with Gasteiger partial charge in [0.05, 0.1) is 17.0 Å². The Morgan fingerprint density at radius 2 is 1.71 bits per heavy atom. The van der Waals surface area contributed by atoms with Gasteiger partial charge in [0.1, 0.15) is 6.61 Å². The molecular weight excluding hydrogens is 572 g/mol. The van der Waals surface area contributed by atoms with Crippen LogP contribution < -0.4 is 0 Å². The van der Waals surface area contributed by atoms with Crippen molar-refractivity contribution in [3.05, 3.63) is 64.7 Å². The molecule has 11 heteroatoms. The molecule has 1 saturated carbocycles. The van der Waals surface area contributed by atoms with Crippen LogP contribution in [0.2, 0.25) is 5.02 Å². The van der Waals surface area contributed by atoms with E-state index in [1.54, 1.807) is 4.90 Å². The van der Waals surface area contributed by atoms with Crippen LogP contribution in [0.15, 0.2) is 47.4 Å². The zero-order chi connectivity index (χ0) is 29.1. The van der Waals surface area contributed by atoms with Crippen molar-refractivity contribution in [2.24, 2.45) is 0 Å². The summed E-state index contributed by atoms with van der Waals surface area (Å²) in [5.74, 6) is -2.11. The Morgan fingerprint density at radius 1 is 0.976 bits per heavy atom. The molecule has 41 heavy (non-hydrogen) atoms. The molecule has 0 bridgehead atoms. The number of nitrogens with zero attached hydrogens (tertiary/aromatic N) is 3. The minimum Gasteiger partial charge on any atom is -0.448 e. The summed E-state index contributed by atoms with van der Waals surface area (Å²) in [5, 5.41) is 0.374. The van der Waals surface area contributed by atoms with E-state index in [-0.39, 0.29) is 23.1 Å². The molecular formula is C30H38ClF2N3O4S. The highest BCUT2D eigenvalue weighted by atomic mass is 35.5. The Morgan fingerprint density at radius 3 is 2.41 bits per heavy atom. The molecule has 0 aromatic heterocycles. The summed E-state index contributed by atoms with van der Waals surface area (Å²) in [7, 11) is -4.18. The number of halogens is 3. The van der Waals surface area contributed by atoms with Crippen LogP contribution >= 0.6 is 11.6 Å². The lowest BCUT2D eigenvalue weighted by Gasteiger charge is -2.44. The summed E-state index contributed by atoms with van der Waals surface area (Å²) in [4.78, 5) is 17.4. The average Bonchev–Trinajstić information content (AvgIpc) is 2.97. The van der Waals surface area contributed by atoms with Gasteiger partial charge in [0.25, 0.3) is 0 Å².